The molecule has 2 heterocycles. The zero-order valence-corrected chi connectivity index (χ0v) is 16.1. The Balaban J connectivity index is 1.59. The fraction of sp³-hybridized carbons (Fsp3) is 0.474. The summed E-state index contributed by atoms with van der Waals surface area (Å²) in [6, 6.07) is 6.54. The SMILES string of the molecule is CN(C)CCN1CCCC(C(=O)Nc2nc(-c3ccccc3F)cs2)C1. The van der Waals surface area contributed by atoms with Gasteiger partial charge in [0, 0.05) is 30.6 Å². The number of rotatable bonds is 6. The van der Waals surface area contributed by atoms with Crippen LogP contribution in [0.2, 0.25) is 0 Å². The van der Waals surface area contributed by atoms with E-state index in [1.807, 2.05) is 0 Å². The van der Waals surface area contributed by atoms with Crippen LogP contribution in [0.1, 0.15) is 12.8 Å². The molecule has 2 aromatic rings. The molecular weight excluding hydrogens is 351 g/mol. The van der Waals surface area contributed by atoms with Gasteiger partial charge in [0.2, 0.25) is 5.91 Å². The van der Waals surface area contributed by atoms with Gasteiger partial charge in [-0.15, -0.1) is 11.3 Å². The third kappa shape index (κ3) is 4.87. The molecule has 1 aromatic carbocycles. The van der Waals surface area contributed by atoms with E-state index in [0.717, 1.165) is 39.0 Å². The number of piperidine rings is 1. The lowest BCUT2D eigenvalue weighted by Gasteiger charge is -2.32. The number of hydrogen-bond acceptors (Lipinski definition) is 5. The van der Waals surface area contributed by atoms with Gasteiger partial charge in [0.05, 0.1) is 11.6 Å². The quantitative estimate of drug-likeness (QED) is 0.841. The van der Waals surface area contributed by atoms with Crippen molar-refractivity contribution in [3.63, 3.8) is 0 Å². The molecule has 1 aliphatic heterocycles. The molecule has 1 aromatic heterocycles. The van der Waals surface area contributed by atoms with Crippen LogP contribution >= 0.6 is 11.3 Å². The minimum Gasteiger partial charge on any atom is -0.308 e. The molecule has 0 radical (unpaired) electrons. The molecular formula is C19H25FN4OS. The van der Waals surface area contributed by atoms with Gasteiger partial charge in [-0.05, 0) is 45.6 Å². The Hall–Kier alpha value is -1.83. The van der Waals surface area contributed by atoms with Crippen LogP contribution in [0.3, 0.4) is 0 Å². The van der Waals surface area contributed by atoms with E-state index in [0.29, 0.717) is 16.4 Å². The number of hydrogen-bond donors (Lipinski definition) is 1. The standard InChI is InChI=1S/C19H25FN4OS/c1-23(2)10-11-24-9-5-6-14(12-24)18(25)22-19-21-17(13-26-19)15-7-3-4-8-16(15)20/h3-4,7-8,13-14H,5-6,9-12H2,1-2H3,(H,21,22,25). The van der Waals surface area contributed by atoms with Crippen molar-refractivity contribution >= 4 is 22.4 Å². The largest absolute Gasteiger partial charge is 0.308 e. The molecule has 1 saturated heterocycles. The number of aromatic nitrogens is 1. The monoisotopic (exact) mass is 376 g/mol. The Morgan fingerprint density at radius 2 is 2.23 bits per heavy atom. The summed E-state index contributed by atoms with van der Waals surface area (Å²) in [5, 5.41) is 5.22. The Kier molecular flexibility index (Phi) is 6.34. The van der Waals surface area contributed by atoms with Crippen molar-refractivity contribution in [3.8, 4) is 11.3 Å². The van der Waals surface area contributed by atoms with Gasteiger partial charge in [-0.1, -0.05) is 12.1 Å². The maximum absolute atomic E-state index is 13.9. The van der Waals surface area contributed by atoms with E-state index >= 15 is 0 Å². The van der Waals surface area contributed by atoms with Crippen molar-refractivity contribution in [1.29, 1.82) is 0 Å². The van der Waals surface area contributed by atoms with Crippen LogP contribution < -0.4 is 5.32 Å². The maximum atomic E-state index is 13.9. The first-order valence-electron chi connectivity index (χ1n) is 8.91. The summed E-state index contributed by atoms with van der Waals surface area (Å²) in [6.45, 7) is 3.80. The van der Waals surface area contributed by atoms with E-state index in [4.69, 9.17) is 0 Å². The molecule has 0 bridgehead atoms. The zero-order chi connectivity index (χ0) is 18.5. The Bertz CT molecular complexity index is 749. The topological polar surface area (TPSA) is 48.5 Å². The summed E-state index contributed by atoms with van der Waals surface area (Å²) >= 11 is 1.33. The van der Waals surface area contributed by atoms with Crippen LogP contribution in [0.4, 0.5) is 9.52 Å². The summed E-state index contributed by atoms with van der Waals surface area (Å²) in [4.78, 5) is 21.5. The second-order valence-corrected chi connectivity index (χ2v) is 7.81. The van der Waals surface area contributed by atoms with Crippen LogP contribution in [0.25, 0.3) is 11.3 Å². The van der Waals surface area contributed by atoms with Crippen LogP contribution in [0.15, 0.2) is 29.6 Å². The van der Waals surface area contributed by atoms with Crippen molar-refractivity contribution in [2.24, 2.45) is 5.92 Å². The molecule has 7 heteroatoms. The summed E-state index contributed by atoms with van der Waals surface area (Å²) in [6.07, 6.45) is 1.93. The number of nitrogens with zero attached hydrogens (tertiary/aromatic N) is 3. The van der Waals surface area contributed by atoms with Crippen LogP contribution in [0, 0.1) is 11.7 Å². The molecule has 5 nitrogen and oxygen atoms in total. The number of carbonyl (C=O) groups is 1. The van der Waals surface area contributed by atoms with Gasteiger partial charge < -0.3 is 15.1 Å². The molecule has 3 rings (SSSR count). The molecule has 140 valence electrons. The molecule has 0 spiro atoms. The number of likely N-dealkylation sites (tertiary alicyclic amines) is 1. The van der Waals surface area contributed by atoms with E-state index in [1.54, 1.807) is 23.6 Å². The van der Waals surface area contributed by atoms with Crippen molar-refractivity contribution < 1.29 is 9.18 Å². The van der Waals surface area contributed by atoms with Crippen molar-refractivity contribution in [2.45, 2.75) is 12.8 Å². The Morgan fingerprint density at radius 3 is 3.00 bits per heavy atom. The summed E-state index contributed by atoms with van der Waals surface area (Å²) < 4.78 is 13.9. The average Bonchev–Trinajstić information content (AvgIpc) is 3.09. The van der Waals surface area contributed by atoms with Gasteiger partial charge in [0.15, 0.2) is 5.13 Å². The molecule has 1 fully saturated rings. The first-order valence-corrected chi connectivity index (χ1v) is 9.79. The second-order valence-electron chi connectivity index (χ2n) is 6.95. The fourth-order valence-electron chi connectivity index (χ4n) is 3.15. The van der Waals surface area contributed by atoms with Crippen LogP contribution in [-0.4, -0.2) is 61.0 Å². The molecule has 1 N–H and O–H groups in total. The highest BCUT2D eigenvalue weighted by atomic mass is 32.1. The van der Waals surface area contributed by atoms with E-state index in [2.05, 4.69) is 34.2 Å². The van der Waals surface area contributed by atoms with Crippen molar-refractivity contribution in [3.05, 3.63) is 35.5 Å². The summed E-state index contributed by atoms with van der Waals surface area (Å²) in [5.41, 5.74) is 1.01. The highest BCUT2D eigenvalue weighted by molar-refractivity contribution is 7.14. The van der Waals surface area contributed by atoms with Gasteiger partial charge in [-0.3, -0.25) is 4.79 Å². The molecule has 1 aliphatic rings. The number of amides is 1. The first-order chi connectivity index (χ1) is 12.5. The van der Waals surface area contributed by atoms with E-state index in [9.17, 15) is 9.18 Å². The maximum Gasteiger partial charge on any atom is 0.230 e. The van der Waals surface area contributed by atoms with Crippen molar-refractivity contribution in [1.82, 2.24) is 14.8 Å². The van der Waals surface area contributed by atoms with Crippen LogP contribution in [-0.2, 0) is 4.79 Å². The molecule has 0 aliphatic carbocycles. The van der Waals surface area contributed by atoms with Gasteiger partial charge in [-0.2, -0.15) is 0 Å². The number of likely N-dealkylation sites (N-methyl/N-ethyl adjacent to an activating group) is 1. The Labute approximate surface area is 157 Å². The van der Waals surface area contributed by atoms with Gasteiger partial charge in [-0.25, -0.2) is 9.37 Å². The molecule has 1 atom stereocenters. The van der Waals surface area contributed by atoms with Gasteiger partial charge in [0.1, 0.15) is 5.82 Å². The Morgan fingerprint density at radius 1 is 1.42 bits per heavy atom. The zero-order valence-electron chi connectivity index (χ0n) is 15.2. The third-order valence-electron chi connectivity index (χ3n) is 4.62. The number of anilines is 1. The number of carbonyl (C=O) groups excluding carboxylic acids is 1. The lowest BCUT2D eigenvalue weighted by molar-refractivity contribution is -0.121. The minimum atomic E-state index is -0.306. The summed E-state index contributed by atoms with van der Waals surface area (Å²) in [7, 11) is 4.12. The molecule has 1 unspecified atom stereocenters. The highest BCUT2D eigenvalue weighted by Crippen LogP contribution is 2.27. The number of halogens is 1. The predicted molar refractivity (Wildman–Crippen MR) is 104 cm³/mol. The highest BCUT2D eigenvalue weighted by Gasteiger charge is 2.26. The summed E-state index contributed by atoms with van der Waals surface area (Å²) in [5.74, 6) is -0.319. The lowest BCUT2D eigenvalue weighted by Crippen LogP contribution is -2.43. The van der Waals surface area contributed by atoms with E-state index < -0.39 is 0 Å². The van der Waals surface area contributed by atoms with E-state index in [1.165, 1.54) is 17.4 Å². The van der Waals surface area contributed by atoms with Crippen LogP contribution in [0.5, 0.6) is 0 Å². The number of benzene rings is 1. The number of nitrogens with one attached hydrogen (secondary N) is 1. The average molecular weight is 377 g/mol. The number of thiazole rings is 1. The second kappa shape index (κ2) is 8.70. The third-order valence-corrected chi connectivity index (χ3v) is 5.38. The lowest BCUT2D eigenvalue weighted by atomic mass is 9.97. The molecule has 0 saturated carbocycles. The first kappa shape index (κ1) is 18.9. The molecule has 1 amide bonds. The van der Waals surface area contributed by atoms with Crippen molar-refractivity contribution in [2.75, 3.05) is 45.6 Å². The predicted octanol–water partition coefficient (Wildman–Crippen LogP) is 3.16. The fourth-order valence-corrected chi connectivity index (χ4v) is 3.86. The smallest absolute Gasteiger partial charge is 0.230 e. The minimum absolute atomic E-state index is 0.00832. The molecule has 26 heavy (non-hydrogen) atoms. The van der Waals surface area contributed by atoms with Gasteiger partial charge in [0.25, 0.3) is 0 Å². The van der Waals surface area contributed by atoms with Gasteiger partial charge >= 0.3 is 0 Å². The van der Waals surface area contributed by atoms with E-state index in [-0.39, 0.29) is 17.6 Å². The normalized spacial score (nSPS) is 18.2.